The van der Waals surface area contributed by atoms with E-state index in [2.05, 4.69) is 332 Å². The van der Waals surface area contributed by atoms with Gasteiger partial charge in [0, 0.05) is 11.1 Å². The van der Waals surface area contributed by atoms with E-state index in [1.54, 1.807) is 0 Å². The molecule has 0 aliphatic carbocycles. The Morgan fingerprint density at radius 2 is 0.413 bits per heavy atom. The smallest absolute Gasteiger partial charge is 0.657 e. The van der Waals surface area contributed by atoms with Gasteiger partial charge in [0.2, 0.25) is 0 Å². The Balaban J connectivity index is 0.00000456. The second-order valence-corrected chi connectivity index (χ2v) is 31.0. The number of hydrogen-bond donors (Lipinski definition) is 0. The standard InChI is InChI=1S/C94H78N8.2Zn/c1-91(2,3)63-51-61(52-64(55-63)92(4,5)6)89-81-41-37-71(97-81)68(72-38-42-82(98-72)90(62-53-65(93(7,8)9)56-66(54-62)94(10,11)12)84-50-48-80(102-84)88(60-31-23-16-24-32-60)79-47-49-83(89)101-79)34-33-67-69-35-39-73(95-69)85(57-25-17-13-18-26-57)75-43-45-77(99-75)87(59-29-21-15-22-30-59)78-46-44-76(100-78)86(58-27-19-14-20-28-58)74-40-36-70(67)96-74;;/h13-32,35-56H,1-12H3;;/q-4;2*+2. The number of nitrogens with zero attached hydrogens (tertiary/aromatic N) is 8. The molecule has 498 valence electrons. The molecule has 16 bridgehead atoms. The van der Waals surface area contributed by atoms with Crippen LogP contribution in [-0.4, -0.2) is 19.9 Å². The molecule has 6 aromatic heterocycles. The van der Waals surface area contributed by atoms with E-state index in [1.807, 2.05) is 18.2 Å². The van der Waals surface area contributed by atoms with Crippen molar-refractivity contribution in [1.82, 2.24) is 39.9 Å². The molecule has 8 nitrogen and oxygen atoms in total. The maximum Gasteiger partial charge on any atom is 2.00 e. The fraction of sp³-hybridized carbons (Fsp3) is 0.170. The number of hydrogen-bond acceptors (Lipinski definition) is 4. The van der Waals surface area contributed by atoms with Crippen LogP contribution in [0.15, 0.2) is 206 Å². The van der Waals surface area contributed by atoms with Gasteiger partial charge in [-0.2, -0.15) is 0 Å². The zero-order valence-corrected chi connectivity index (χ0v) is 67.2. The molecule has 10 heterocycles. The molecule has 0 saturated heterocycles. The van der Waals surface area contributed by atoms with Gasteiger partial charge in [-0.1, -0.05) is 301 Å². The average Bonchev–Trinajstić information content (AvgIpc) is 1.54. The molecule has 4 aliphatic heterocycles. The molecule has 104 heavy (non-hydrogen) atoms. The maximum atomic E-state index is 5.77. The van der Waals surface area contributed by atoms with Crippen LogP contribution in [0.3, 0.4) is 0 Å². The molecule has 0 atom stereocenters. The van der Waals surface area contributed by atoms with Crippen LogP contribution < -0.4 is 19.9 Å². The largest absolute Gasteiger partial charge is 2.00 e. The summed E-state index contributed by atoms with van der Waals surface area (Å²) in [5.74, 6) is 7.63. The third kappa shape index (κ3) is 13.6. The van der Waals surface area contributed by atoms with Gasteiger partial charge in [-0.05, 0) is 159 Å². The zero-order chi connectivity index (χ0) is 70.4. The van der Waals surface area contributed by atoms with E-state index in [-0.39, 0.29) is 60.6 Å². The average molecular weight is 1450 g/mol. The fourth-order valence-corrected chi connectivity index (χ4v) is 14.0. The molecule has 0 radical (unpaired) electrons. The molecule has 0 N–H and O–H groups in total. The van der Waals surface area contributed by atoms with Crippen molar-refractivity contribution in [2.24, 2.45) is 0 Å². The van der Waals surface area contributed by atoms with Crippen molar-refractivity contribution in [3.05, 3.63) is 285 Å². The molecule has 4 aliphatic rings. The summed E-state index contributed by atoms with van der Waals surface area (Å²) >= 11 is 0. The molecule has 10 heteroatoms. The summed E-state index contributed by atoms with van der Waals surface area (Å²) in [7, 11) is 0. The summed E-state index contributed by atoms with van der Waals surface area (Å²) in [6.45, 7) is 27.4. The van der Waals surface area contributed by atoms with E-state index in [1.165, 1.54) is 22.3 Å². The second-order valence-electron chi connectivity index (χ2n) is 31.0. The van der Waals surface area contributed by atoms with Gasteiger partial charge in [-0.15, -0.1) is 44.1 Å². The molecule has 16 rings (SSSR count). The first kappa shape index (κ1) is 70.4. The van der Waals surface area contributed by atoms with Crippen LogP contribution in [0.5, 0.6) is 0 Å². The van der Waals surface area contributed by atoms with Crippen LogP contribution in [0.4, 0.5) is 0 Å². The summed E-state index contributed by atoms with van der Waals surface area (Å²) in [6.07, 6.45) is 16.9. The van der Waals surface area contributed by atoms with Gasteiger partial charge in [0.05, 0.1) is 45.6 Å². The number of fused-ring (bicyclic) bond motifs is 16. The van der Waals surface area contributed by atoms with Gasteiger partial charge in [0.15, 0.2) is 0 Å². The van der Waals surface area contributed by atoms with E-state index in [0.29, 0.717) is 33.5 Å². The minimum atomic E-state index is -0.173. The van der Waals surface area contributed by atoms with E-state index in [9.17, 15) is 0 Å². The predicted octanol–water partition coefficient (Wildman–Crippen LogP) is 22.7. The van der Waals surface area contributed by atoms with Crippen LogP contribution in [0, 0.1) is 11.8 Å². The van der Waals surface area contributed by atoms with Crippen LogP contribution in [0.1, 0.15) is 162 Å². The zero-order valence-electron chi connectivity index (χ0n) is 61.2. The van der Waals surface area contributed by atoms with Crippen molar-refractivity contribution in [1.29, 1.82) is 0 Å². The predicted molar refractivity (Wildman–Crippen MR) is 427 cm³/mol. The summed E-state index contributed by atoms with van der Waals surface area (Å²) in [4.78, 5) is 45.1. The molecule has 0 fully saturated rings. The Kier molecular flexibility index (Phi) is 18.6. The fourth-order valence-electron chi connectivity index (χ4n) is 14.0. The van der Waals surface area contributed by atoms with E-state index >= 15 is 0 Å². The summed E-state index contributed by atoms with van der Waals surface area (Å²) in [5, 5.41) is 0. The van der Waals surface area contributed by atoms with Gasteiger partial charge in [-0.25, -0.2) is 19.9 Å². The maximum absolute atomic E-state index is 5.77. The second kappa shape index (κ2) is 27.5. The Labute approximate surface area is 635 Å². The molecular formula is C94H78N8Zn2. The van der Waals surface area contributed by atoms with Crippen molar-refractivity contribution in [3.8, 4) is 78.6 Å². The molecule has 12 aromatic rings. The normalized spacial score (nSPS) is 12.6. The van der Waals surface area contributed by atoms with Crippen LogP contribution in [0.25, 0.3) is 160 Å². The van der Waals surface area contributed by atoms with Gasteiger partial charge < -0.3 is 19.9 Å². The van der Waals surface area contributed by atoms with Crippen LogP contribution in [0.2, 0.25) is 0 Å². The van der Waals surface area contributed by atoms with Gasteiger partial charge in [0.1, 0.15) is 0 Å². The Morgan fingerprint density at radius 1 is 0.221 bits per heavy atom. The van der Waals surface area contributed by atoms with E-state index < -0.39 is 0 Å². The van der Waals surface area contributed by atoms with Crippen molar-refractivity contribution in [2.45, 2.75) is 105 Å². The van der Waals surface area contributed by atoms with Crippen LogP contribution in [-0.2, 0) is 60.6 Å². The van der Waals surface area contributed by atoms with Gasteiger partial charge in [-0.3, -0.25) is 0 Å². The quantitative estimate of drug-likeness (QED) is 0.120. The molecule has 6 aromatic carbocycles. The first-order valence-electron chi connectivity index (χ1n) is 35.2. The van der Waals surface area contributed by atoms with Gasteiger partial charge >= 0.3 is 39.0 Å². The third-order valence-corrected chi connectivity index (χ3v) is 19.7. The Morgan fingerprint density at radius 3 is 0.644 bits per heavy atom. The molecular weight excluding hydrogens is 1370 g/mol. The minimum Gasteiger partial charge on any atom is -0.657 e. The Hall–Kier alpha value is -10.7. The summed E-state index contributed by atoms with van der Waals surface area (Å²) in [6, 6.07) is 72.7. The van der Waals surface area contributed by atoms with E-state index in [0.717, 1.165) is 134 Å². The van der Waals surface area contributed by atoms with Crippen molar-refractivity contribution < 1.29 is 39.0 Å². The molecule has 0 saturated carbocycles. The first-order chi connectivity index (χ1) is 49.0. The number of aromatic nitrogens is 8. The molecule has 0 spiro atoms. The minimum absolute atomic E-state index is 0. The monoisotopic (exact) mass is 1450 g/mol. The number of benzene rings is 6. The van der Waals surface area contributed by atoms with Crippen molar-refractivity contribution >= 4 is 92.7 Å². The van der Waals surface area contributed by atoms with Crippen molar-refractivity contribution in [2.75, 3.05) is 0 Å². The SMILES string of the molecule is CC(C)(C)c1cc(-c2c3nc(c(-c4ccccc4)c4ccc([n-]4)c(-c4cc(C(C)(C)C)cc(C(C)(C)C)c4)c4nc(c(C#Cc5c6nc(c(-c7ccccc7)c7ccc([n-]7)c(-c7ccccc7)c7nc(c(-c8ccccc8)c8ccc5[n-]8)C=C7)C=C6)c5ccc2[n-]5)C=C4)C=C3)cc(C(C)(C)C)c1.[Zn+2].[Zn+2]. The van der Waals surface area contributed by atoms with E-state index in [4.69, 9.17) is 39.9 Å². The first-order valence-corrected chi connectivity index (χ1v) is 35.2. The summed E-state index contributed by atoms with van der Waals surface area (Å²) in [5.41, 5.74) is 28.9. The summed E-state index contributed by atoms with van der Waals surface area (Å²) < 4.78 is 0. The topological polar surface area (TPSA) is 108 Å². The number of rotatable bonds is 6. The Bertz CT molecular complexity index is 5780. The van der Waals surface area contributed by atoms with Gasteiger partial charge in [0.25, 0.3) is 0 Å². The van der Waals surface area contributed by atoms with Crippen LogP contribution >= 0.6 is 0 Å². The van der Waals surface area contributed by atoms with Crippen molar-refractivity contribution in [3.63, 3.8) is 0 Å². The molecule has 0 amide bonds. The third-order valence-electron chi connectivity index (χ3n) is 19.7. The molecule has 0 unspecified atom stereocenters.